The van der Waals surface area contributed by atoms with Crippen LogP contribution in [0.3, 0.4) is 0 Å². The van der Waals surface area contributed by atoms with Crippen LogP contribution in [0.2, 0.25) is 0 Å². The number of methoxy groups -OCH3 is 1. The van der Waals surface area contributed by atoms with E-state index in [0.717, 1.165) is 0 Å². The Balaban J connectivity index is 2.76. The molecule has 0 fully saturated rings. The molecule has 0 heterocycles. The maximum Gasteiger partial charge on any atom is 0.240 e. The van der Waals surface area contributed by atoms with Gasteiger partial charge in [-0.1, -0.05) is 12.1 Å². The molecule has 3 N–H and O–H groups in total. The van der Waals surface area contributed by atoms with Crippen LogP contribution in [-0.2, 0) is 4.79 Å². The number of para-hydroxylation sites is 2. The molecule has 0 aliphatic heterocycles. The maximum atomic E-state index is 11.3. The number of benzene rings is 1. The van der Waals surface area contributed by atoms with Gasteiger partial charge in [-0.3, -0.25) is 4.79 Å². The van der Waals surface area contributed by atoms with E-state index < -0.39 is 11.4 Å². The highest BCUT2D eigenvalue weighted by atomic mass is 16.5. The first-order valence-electron chi connectivity index (χ1n) is 5.28. The minimum Gasteiger partial charge on any atom is -0.493 e. The zero-order valence-corrected chi connectivity index (χ0v) is 10.3. The largest absolute Gasteiger partial charge is 0.493 e. The predicted octanol–water partition coefficient (Wildman–Crippen LogP) is 0.537. The predicted molar refractivity (Wildman–Crippen MR) is 65.1 cm³/mol. The maximum absolute atomic E-state index is 11.3. The van der Waals surface area contributed by atoms with Crippen LogP contribution in [0.25, 0.3) is 0 Å². The summed E-state index contributed by atoms with van der Waals surface area (Å²) >= 11 is 0. The van der Waals surface area contributed by atoms with Crippen molar-refractivity contribution < 1.29 is 14.3 Å². The van der Waals surface area contributed by atoms with Crippen LogP contribution in [0.15, 0.2) is 24.3 Å². The van der Waals surface area contributed by atoms with Crippen molar-refractivity contribution in [1.29, 1.82) is 0 Å². The summed E-state index contributed by atoms with van der Waals surface area (Å²) in [5.41, 5.74) is 4.40. The Hall–Kier alpha value is -1.75. The van der Waals surface area contributed by atoms with E-state index in [1.807, 2.05) is 12.1 Å². The first-order chi connectivity index (χ1) is 8.03. The van der Waals surface area contributed by atoms with E-state index in [1.54, 1.807) is 33.2 Å². The Labute approximate surface area is 101 Å². The average Bonchev–Trinajstić information content (AvgIpc) is 2.36. The summed E-state index contributed by atoms with van der Waals surface area (Å²) < 4.78 is 10.7. The first-order valence-corrected chi connectivity index (χ1v) is 5.28. The van der Waals surface area contributed by atoms with Gasteiger partial charge < -0.3 is 20.5 Å². The molecule has 0 saturated heterocycles. The lowest BCUT2D eigenvalue weighted by molar-refractivity contribution is -0.124. The second-order valence-electron chi connectivity index (χ2n) is 3.89. The van der Waals surface area contributed by atoms with Crippen molar-refractivity contribution in [2.45, 2.75) is 12.5 Å². The third-order valence-corrected chi connectivity index (χ3v) is 2.68. The van der Waals surface area contributed by atoms with Crippen molar-refractivity contribution in [2.75, 3.05) is 20.8 Å². The number of rotatable bonds is 6. The summed E-state index contributed by atoms with van der Waals surface area (Å²) in [5.74, 6) is 0.739. The molecule has 1 rings (SSSR count). The van der Waals surface area contributed by atoms with Gasteiger partial charge in [-0.25, -0.2) is 0 Å². The van der Waals surface area contributed by atoms with Gasteiger partial charge in [0.25, 0.3) is 0 Å². The smallest absolute Gasteiger partial charge is 0.240 e. The molecule has 0 aliphatic carbocycles. The van der Waals surface area contributed by atoms with E-state index >= 15 is 0 Å². The number of nitrogens with one attached hydrogen (secondary N) is 1. The number of hydrogen-bond acceptors (Lipinski definition) is 4. The second kappa shape index (κ2) is 5.54. The molecule has 17 heavy (non-hydrogen) atoms. The molecule has 1 amide bonds. The molecule has 1 aromatic carbocycles. The molecule has 0 bridgehead atoms. The van der Waals surface area contributed by atoms with Crippen molar-refractivity contribution in [3.63, 3.8) is 0 Å². The third kappa shape index (κ3) is 3.10. The summed E-state index contributed by atoms with van der Waals surface area (Å²) in [6.45, 7) is 1.82. The van der Waals surface area contributed by atoms with Gasteiger partial charge >= 0.3 is 0 Å². The number of amides is 1. The molecule has 1 atom stereocenters. The lowest BCUT2D eigenvalue weighted by Gasteiger charge is -2.25. The van der Waals surface area contributed by atoms with Crippen LogP contribution in [0.5, 0.6) is 11.5 Å². The van der Waals surface area contributed by atoms with Crippen molar-refractivity contribution >= 4 is 5.91 Å². The Kier molecular flexibility index (Phi) is 4.34. The van der Waals surface area contributed by atoms with Crippen LogP contribution in [0.1, 0.15) is 6.92 Å². The SMILES string of the molecule is CNC(C)(COc1ccccc1OC)C(N)=O. The Bertz CT molecular complexity index is 395. The molecule has 0 saturated carbocycles. The summed E-state index contributed by atoms with van der Waals surface area (Å²) in [6.07, 6.45) is 0. The molecule has 1 unspecified atom stereocenters. The molecular formula is C12H18N2O3. The molecule has 0 aromatic heterocycles. The van der Waals surface area contributed by atoms with Crippen molar-refractivity contribution in [3.05, 3.63) is 24.3 Å². The molecule has 5 heteroatoms. The Morgan fingerprint density at radius 2 is 2.00 bits per heavy atom. The number of carbonyl (C=O) groups excluding carboxylic acids is 1. The summed E-state index contributed by atoms with van der Waals surface area (Å²) in [5, 5.41) is 2.85. The number of likely N-dealkylation sites (N-methyl/N-ethyl adjacent to an activating group) is 1. The standard InChI is InChI=1S/C12H18N2O3/c1-12(14-2,11(13)15)8-17-10-7-5-4-6-9(10)16-3/h4-7,14H,8H2,1-3H3,(H2,13,15). The Morgan fingerprint density at radius 3 is 2.47 bits per heavy atom. The van der Waals surface area contributed by atoms with E-state index in [-0.39, 0.29) is 6.61 Å². The fourth-order valence-electron chi connectivity index (χ4n) is 1.23. The number of nitrogens with two attached hydrogens (primary N) is 1. The monoisotopic (exact) mass is 238 g/mol. The van der Waals surface area contributed by atoms with Gasteiger partial charge in [0, 0.05) is 0 Å². The van der Waals surface area contributed by atoms with Crippen molar-refractivity contribution in [2.24, 2.45) is 5.73 Å². The average molecular weight is 238 g/mol. The van der Waals surface area contributed by atoms with Gasteiger partial charge in [0.15, 0.2) is 11.5 Å². The summed E-state index contributed by atoms with van der Waals surface area (Å²) in [6, 6.07) is 7.24. The van der Waals surface area contributed by atoms with Crippen molar-refractivity contribution in [1.82, 2.24) is 5.32 Å². The van der Waals surface area contributed by atoms with Crippen molar-refractivity contribution in [3.8, 4) is 11.5 Å². The molecule has 5 nitrogen and oxygen atoms in total. The van der Waals surface area contributed by atoms with Crippen LogP contribution in [0.4, 0.5) is 0 Å². The zero-order valence-electron chi connectivity index (χ0n) is 10.3. The Morgan fingerprint density at radius 1 is 1.41 bits per heavy atom. The van der Waals surface area contributed by atoms with Gasteiger partial charge in [-0.15, -0.1) is 0 Å². The fraction of sp³-hybridized carbons (Fsp3) is 0.417. The van der Waals surface area contributed by atoms with Gasteiger partial charge in [0.05, 0.1) is 7.11 Å². The quantitative estimate of drug-likeness (QED) is 0.758. The van der Waals surface area contributed by atoms with Crippen LogP contribution >= 0.6 is 0 Å². The molecule has 94 valence electrons. The van der Waals surface area contributed by atoms with Gasteiger partial charge in [-0.2, -0.15) is 0 Å². The minimum absolute atomic E-state index is 0.138. The molecular weight excluding hydrogens is 220 g/mol. The second-order valence-corrected chi connectivity index (χ2v) is 3.89. The summed E-state index contributed by atoms with van der Waals surface area (Å²) in [4.78, 5) is 11.3. The summed E-state index contributed by atoms with van der Waals surface area (Å²) in [7, 11) is 3.23. The molecule has 0 radical (unpaired) electrons. The highest BCUT2D eigenvalue weighted by Gasteiger charge is 2.30. The van der Waals surface area contributed by atoms with E-state index in [2.05, 4.69) is 5.32 Å². The first kappa shape index (κ1) is 13.3. The number of carbonyl (C=O) groups is 1. The van der Waals surface area contributed by atoms with E-state index in [0.29, 0.717) is 11.5 Å². The zero-order chi connectivity index (χ0) is 12.9. The third-order valence-electron chi connectivity index (χ3n) is 2.68. The van der Waals surface area contributed by atoms with Gasteiger partial charge in [0.1, 0.15) is 12.1 Å². The number of hydrogen-bond donors (Lipinski definition) is 2. The number of primary amides is 1. The normalized spacial score (nSPS) is 13.8. The van der Waals surface area contributed by atoms with E-state index in [4.69, 9.17) is 15.2 Å². The van der Waals surface area contributed by atoms with Crippen LogP contribution in [0, 0.1) is 0 Å². The fourth-order valence-corrected chi connectivity index (χ4v) is 1.23. The van der Waals surface area contributed by atoms with Crippen LogP contribution < -0.4 is 20.5 Å². The number of ether oxygens (including phenoxy) is 2. The lowest BCUT2D eigenvalue weighted by Crippen LogP contribution is -2.55. The van der Waals surface area contributed by atoms with Crippen LogP contribution in [-0.4, -0.2) is 32.2 Å². The van der Waals surface area contributed by atoms with E-state index in [1.165, 1.54) is 0 Å². The molecule has 1 aromatic rings. The van der Waals surface area contributed by atoms with Gasteiger partial charge in [-0.05, 0) is 26.1 Å². The molecule has 0 aliphatic rings. The highest BCUT2D eigenvalue weighted by molar-refractivity contribution is 5.84. The highest BCUT2D eigenvalue weighted by Crippen LogP contribution is 2.26. The molecule has 0 spiro atoms. The topological polar surface area (TPSA) is 73.6 Å². The lowest BCUT2D eigenvalue weighted by atomic mass is 10.0. The van der Waals surface area contributed by atoms with Gasteiger partial charge in [0.2, 0.25) is 5.91 Å². The van der Waals surface area contributed by atoms with E-state index in [9.17, 15) is 4.79 Å². The minimum atomic E-state index is -0.902.